The van der Waals surface area contributed by atoms with Crippen molar-refractivity contribution in [3.05, 3.63) is 11.5 Å². The Hall–Kier alpha value is -0.350. The van der Waals surface area contributed by atoms with Crippen LogP contribution >= 0.6 is 0 Å². The molecule has 1 atom stereocenters. The third-order valence-electron chi connectivity index (χ3n) is 2.67. The number of hydrogen-bond acceptors (Lipinski definition) is 3. The average molecular weight is 202 g/mol. The van der Waals surface area contributed by atoms with Gasteiger partial charge in [0.05, 0.1) is 18.5 Å². The van der Waals surface area contributed by atoms with Crippen LogP contribution in [-0.4, -0.2) is 26.9 Å². The minimum Gasteiger partial charge on any atom is -0.373 e. The van der Waals surface area contributed by atoms with Crippen molar-refractivity contribution in [3.63, 3.8) is 0 Å². The highest BCUT2D eigenvalue weighted by atomic mass is 32.2. The zero-order chi connectivity index (χ0) is 9.31. The van der Waals surface area contributed by atoms with Crippen LogP contribution in [0.2, 0.25) is 0 Å². The highest BCUT2D eigenvalue weighted by molar-refractivity contribution is 7.94. The molecule has 1 fully saturated rings. The van der Waals surface area contributed by atoms with Crippen molar-refractivity contribution in [1.82, 2.24) is 0 Å². The summed E-state index contributed by atoms with van der Waals surface area (Å²) in [7, 11) is -2.94. The van der Waals surface area contributed by atoms with Gasteiger partial charge in [0.15, 0.2) is 9.84 Å². The number of hydrogen-bond donors (Lipinski definition) is 0. The first-order chi connectivity index (χ1) is 6.16. The highest BCUT2D eigenvalue weighted by Gasteiger charge is 2.24. The summed E-state index contributed by atoms with van der Waals surface area (Å²) in [5.41, 5.74) is 0. The SMILES string of the molecule is O=S1(=O)C=CC(OCC2CCC2)C1. The van der Waals surface area contributed by atoms with E-state index in [1.807, 2.05) is 0 Å². The molecule has 0 radical (unpaired) electrons. The van der Waals surface area contributed by atoms with Gasteiger partial charge in [0, 0.05) is 5.41 Å². The van der Waals surface area contributed by atoms with Gasteiger partial charge in [-0.15, -0.1) is 0 Å². The van der Waals surface area contributed by atoms with Crippen LogP contribution in [0.5, 0.6) is 0 Å². The van der Waals surface area contributed by atoms with E-state index in [1.54, 1.807) is 6.08 Å². The molecule has 1 aliphatic carbocycles. The van der Waals surface area contributed by atoms with Crippen molar-refractivity contribution in [2.75, 3.05) is 12.4 Å². The fourth-order valence-electron chi connectivity index (χ4n) is 1.57. The molecule has 1 unspecified atom stereocenters. The molecule has 2 rings (SSSR count). The first-order valence-corrected chi connectivity index (χ1v) is 6.40. The lowest BCUT2D eigenvalue weighted by Gasteiger charge is -2.25. The molecule has 1 heterocycles. The first-order valence-electron chi connectivity index (χ1n) is 4.68. The summed E-state index contributed by atoms with van der Waals surface area (Å²) in [6.07, 6.45) is 5.23. The van der Waals surface area contributed by atoms with Gasteiger partial charge in [-0.25, -0.2) is 8.42 Å². The minimum absolute atomic E-state index is 0.139. The predicted molar refractivity (Wildman–Crippen MR) is 50.0 cm³/mol. The van der Waals surface area contributed by atoms with Crippen LogP contribution in [0.1, 0.15) is 19.3 Å². The number of sulfone groups is 1. The summed E-state index contributed by atoms with van der Waals surface area (Å²) >= 11 is 0. The zero-order valence-corrected chi connectivity index (χ0v) is 8.29. The molecule has 2 aliphatic rings. The quantitative estimate of drug-likeness (QED) is 0.688. The van der Waals surface area contributed by atoms with Crippen molar-refractivity contribution >= 4 is 9.84 Å². The molecule has 0 aromatic carbocycles. The zero-order valence-electron chi connectivity index (χ0n) is 7.48. The molecule has 0 spiro atoms. The van der Waals surface area contributed by atoms with Gasteiger partial charge in [0.25, 0.3) is 0 Å². The average Bonchev–Trinajstić information content (AvgIpc) is 2.27. The van der Waals surface area contributed by atoms with Gasteiger partial charge in [-0.2, -0.15) is 0 Å². The lowest BCUT2D eigenvalue weighted by atomic mass is 9.86. The Morgan fingerprint density at radius 2 is 2.15 bits per heavy atom. The number of ether oxygens (including phenoxy) is 1. The highest BCUT2D eigenvalue weighted by Crippen LogP contribution is 2.27. The Labute approximate surface area is 78.7 Å². The van der Waals surface area contributed by atoms with E-state index in [0.29, 0.717) is 5.92 Å². The Kier molecular flexibility index (Phi) is 2.43. The third kappa shape index (κ3) is 2.31. The first kappa shape index (κ1) is 9.21. The van der Waals surface area contributed by atoms with Crippen molar-refractivity contribution in [2.45, 2.75) is 25.4 Å². The van der Waals surface area contributed by atoms with E-state index < -0.39 is 9.84 Å². The molecule has 0 aromatic heterocycles. The van der Waals surface area contributed by atoms with Gasteiger partial charge in [-0.1, -0.05) is 6.42 Å². The molecule has 0 aromatic rings. The fraction of sp³-hybridized carbons (Fsp3) is 0.778. The normalized spacial score (nSPS) is 31.8. The summed E-state index contributed by atoms with van der Waals surface area (Å²) in [5, 5.41) is 1.26. The van der Waals surface area contributed by atoms with Crippen molar-refractivity contribution in [1.29, 1.82) is 0 Å². The number of rotatable bonds is 3. The molecule has 0 amide bonds. The molecule has 0 saturated heterocycles. The molecular formula is C9H14O3S. The summed E-state index contributed by atoms with van der Waals surface area (Å²) in [6.45, 7) is 0.727. The van der Waals surface area contributed by atoms with E-state index in [2.05, 4.69) is 0 Å². The Bertz CT molecular complexity index is 301. The summed E-state index contributed by atoms with van der Waals surface area (Å²) in [5.74, 6) is 0.816. The molecule has 3 nitrogen and oxygen atoms in total. The topological polar surface area (TPSA) is 43.4 Å². The van der Waals surface area contributed by atoms with Crippen LogP contribution in [0, 0.1) is 5.92 Å². The van der Waals surface area contributed by atoms with E-state index in [0.717, 1.165) is 6.61 Å². The Morgan fingerprint density at radius 1 is 1.38 bits per heavy atom. The van der Waals surface area contributed by atoms with Crippen molar-refractivity contribution in [3.8, 4) is 0 Å². The predicted octanol–water partition coefficient (Wildman–Crippen LogP) is 1.11. The molecule has 1 saturated carbocycles. The second-order valence-electron chi connectivity index (χ2n) is 3.83. The minimum atomic E-state index is -2.94. The largest absolute Gasteiger partial charge is 0.373 e. The van der Waals surface area contributed by atoms with Crippen LogP contribution in [-0.2, 0) is 14.6 Å². The Balaban J connectivity index is 1.75. The molecule has 0 bridgehead atoms. The monoisotopic (exact) mass is 202 g/mol. The fourth-order valence-corrected chi connectivity index (χ4v) is 2.76. The smallest absolute Gasteiger partial charge is 0.174 e. The molecule has 4 heteroatoms. The second-order valence-corrected chi connectivity index (χ2v) is 5.76. The lowest BCUT2D eigenvalue weighted by Crippen LogP contribution is -2.23. The molecule has 13 heavy (non-hydrogen) atoms. The van der Waals surface area contributed by atoms with E-state index in [9.17, 15) is 8.42 Å². The lowest BCUT2D eigenvalue weighted by molar-refractivity contribution is 0.0461. The van der Waals surface area contributed by atoms with Crippen molar-refractivity contribution < 1.29 is 13.2 Å². The van der Waals surface area contributed by atoms with E-state index in [4.69, 9.17) is 4.74 Å². The van der Waals surface area contributed by atoms with E-state index >= 15 is 0 Å². The van der Waals surface area contributed by atoms with E-state index in [-0.39, 0.29) is 11.9 Å². The Morgan fingerprint density at radius 3 is 2.62 bits per heavy atom. The summed E-state index contributed by atoms with van der Waals surface area (Å²) < 4.78 is 27.5. The maximum absolute atomic E-state index is 11.0. The van der Waals surface area contributed by atoms with Gasteiger partial charge in [0.1, 0.15) is 0 Å². The second kappa shape index (κ2) is 3.42. The van der Waals surface area contributed by atoms with Crippen LogP contribution in [0.25, 0.3) is 0 Å². The van der Waals surface area contributed by atoms with Crippen LogP contribution in [0.4, 0.5) is 0 Å². The standard InChI is InChI=1S/C9H14O3S/c10-13(11)5-4-9(7-13)12-6-8-2-1-3-8/h4-5,8-9H,1-3,6-7H2. The summed E-state index contributed by atoms with van der Waals surface area (Å²) in [6, 6.07) is 0. The summed E-state index contributed by atoms with van der Waals surface area (Å²) in [4.78, 5) is 0. The maximum atomic E-state index is 11.0. The van der Waals surface area contributed by atoms with Gasteiger partial charge in [-0.05, 0) is 24.8 Å². The van der Waals surface area contributed by atoms with Crippen LogP contribution < -0.4 is 0 Å². The van der Waals surface area contributed by atoms with Gasteiger partial charge >= 0.3 is 0 Å². The van der Waals surface area contributed by atoms with Gasteiger partial charge in [-0.3, -0.25) is 0 Å². The molecule has 1 aliphatic heterocycles. The van der Waals surface area contributed by atoms with Gasteiger partial charge in [0.2, 0.25) is 0 Å². The van der Waals surface area contributed by atoms with Crippen LogP contribution in [0.3, 0.4) is 0 Å². The molecule has 74 valence electrons. The van der Waals surface area contributed by atoms with E-state index in [1.165, 1.54) is 24.7 Å². The maximum Gasteiger partial charge on any atom is 0.174 e. The van der Waals surface area contributed by atoms with Crippen molar-refractivity contribution in [2.24, 2.45) is 5.92 Å². The third-order valence-corrected chi connectivity index (χ3v) is 4.03. The molecule has 0 N–H and O–H groups in total. The van der Waals surface area contributed by atoms with Gasteiger partial charge < -0.3 is 4.74 Å². The van der Waals surface area contributed by atoms with Crippen LogP contribution in [0.15, 0.2) is 11.5 Å². The molecular weight excluding hydrogens is 188 g/mol.